The normalized spacial score (nSPS) is 18.4. The van der Waals surface area contributed by atoms with Crippen molar-refractivity contribution in [3.8, 4) is 28.0 Å². The molecule has 0 spiro atoms. The van der Waals surface area contributed by atoms with Gasteiger partial charge in [0.1, 0.15) is 5.75 Å². The molecular formula is C62H90O7. The van der Waals surface area contributed by atoms with Crippen molar-refractivity contribution >= 4 is 11.9 Å². The number of benzene rings is 3. The van der Waals surface area contributed by atoms with Crippen LogP contribution in [0.2, 0.25) is 0 Å². The van der Waals surface area contributed by atoms with Crippen LogP contribution in [0.15, 0.2) is 72.8 Å². The van der Waals surface area contributed by atoms with Gasteiger partial charge >= 0.3 is 11.9 Å². The monoisotopic (exact) mass is 947 g/mol. The summed E-state index contributed by atoms with van der Waals surface area (Å²) in [6.45, 7) is 20.3. The lowest BCUT2D eigenvalue weighted by Gasteiger charge is -2.38. The van der Waals surface area contributed by atoms with Crippen molar-refractivity contribution in [3.63, 3.8) is 0 Å². The molecular weight excluding hydrogens is 857 g/mol. The number of hydrogen-bond donors (Lipinski definition) is 2. The summed E-state index contributed by atoms with van der Waals surface area (Å²) >= 11 is 0. The van der Waals surface area contributed by atoms with E-state index in [2.05, 4.69) is 89.4 Å². The summed E-state index contributed by atoms with van der Waals surface area (Å²) in [7, 11) is 0. The molecule has 0 radical (unpaired) electrons. The fourth-order valence-corrected chi connectivity index (χ4v) is 11.4. The summed E-state index contributed by atoms with van der Waals surface area (Å²) in [5, 5.41) is 20.8. The number of esters is 2. The Hall–Kier alpha value is -4.20. The van der Waals surface area contributed by atoms with Gasteiger partial charge in [0.15, 0.2) is 0 Å². The Balaban J connectivity index is 1.40. The van der Waals surface area contributed by atoms with Gasteiger partial charge in [-0.25, -0.2) is 9.59 Å². The minimum atomic E-state index is -0.634. The zero-order valence-corrected chi connectivity index (χ0v) is 43.9. The average molecular weight is 947 g/mol. The number of carbonyl (C=O) groups excluding carboxylic acids is 2. The largest absolute Gasteiger partial charge is 0.493 e. The molecule has 3 aromatic rings. The molecule has 0 unspecified atom stereocenters. The molecule has 380 valence electrons. The van der Waals surface area contributed by atoms with Crippen molar-refractivity contribution < 1.29 is 34.0 Å². The van der Waals surface area contributed by atoms with Crippen LogP contribution in [0.5, 0.6) is 5.75 Å². The maximum Gasteiger partial charge on any atom is 0.333 e. The second-order valence-electron chi connectivity index (χ2n) is 21.1. The van der Waals surface area contributed by atoms with Gasteiger partial charge in [-0.05, 0) is 190 Å². The predicted molar refractivity (Wildman–Crippen MR) is 285 cm³/mol. The summed E-state index contributed by atoms with van der Waals surface area (Å²) in [4.78, 5) is 24.6. The third-order valence-corrected chi connectivity index (χ3v) is 15.8. The molecule has 0 aliphatic heterocycles. The van der Waals surface area contributed by atoms with Gasteiger partial charge in [-0.3, -0.25) is 0 Å². The molecule has 2 saturated carbocycles. The molecule has 7 heteroatoms. The number of ether oxygens (including phenoxy) is 3. The minimum absolute atomic E-state index is 0.117. The number of hydrogen-bond acceptors (Lipinski definition) is 7. The molecule has 3 aromatic carbocycles. The van der Waals surface area contributed by atoms with Gasteiger partial charge in [0.25, 0.3) is 0 Å². The summed E-state index contributed by atoms with van der Waals surface area (Å²) in [5.41, 5.74) is 11.1. The van der Waals surface area contributed by atoms with Crippen LogP contribution >= 0.6 is 0 Å². The molecule has 0 atom stereocenters. The topological polar surface area (TPSA) is 102 Å². The first-order chi connectivity index (χ1) is 33.4. The highest BCUT2D eigenvalue weighted by molar-refractivity contribution is 5.87. The van der Waals surface area contributed by atoms with Crippen LogP contribution in [0, 0.1) is 23.2 Å². The highest BCUT2D eigenvalue weighted by Gasteiger charge is 2.32. The van der Waals surface area contributed by atoms with E-state index >= 15 is 0 Å². The smallest absolute Gasteiger partial charge is 0.333 e. The molecule has 0 bridgehead atoms. The van der Waals surface area contributed by atoms with Crippen molar-refractivity contribution in [2.45, 2.75) is 189 Å². The van der Waals surface area contributed by atoms with E-state index in [0.717, 1.165) is 71.4 Å². The number of aliphatic hydroxyl groups excluding tert-OH is 2. The molecule has 69 heavy (non-hydrogen) atoms. The van der Waals surface area contributed by atoms with Gasteiger partial charge in [0, 0.05) is 16.6 Å². The lowest BCUT2D eigenvalue weighted by Crippen LogP contribution is -2.32. The summed E-state index contributed by atoms with van der Waals surface area (Å²) in [6, 6.07) is 18.6. The van der Waals surface area contributed by atoms with Crippen LogP contribution in [0.3, 0.4) is 0 Å². The molecule has 2 fully saturated rings. The van der Waals surface area contributed by atoms with Gasteiger partial charge in [-0.1, -0.05) is 129 Å². The Kier molecular flexibility index (Phi) is 23.1. The van der Waals surface area contributed by atoms with Crippen LogP contribution in [-0.4, -0.2) is 55.2 Å². The first-order valence-electron chi connectivity index (χ1n) is 27.3. The highest BCUT2D eigenvalue weighted by Crippen LogP contribution is 2.46. The lowest BCUT2D eigenvalue weighted by atomic mass is 9.67. The Morgan fingerprint density at radius 2 is 1.12 bits per heavy atom. The molecule has 0 saturated heterocycles. The van der Waals surface area contributed by atoms with E-state index in [0.29, 0.717) is 62.2 Å². The van der Waals surface area contributed by atoms with E-state index in [4.69, 9.17) is 14.2 Å². The first-order valence-corrected chi connectivity index (χ1v) is 27.3. The van der Waals surface area contributed by atoms with Gasteiger partial charge < -0.3 is 24.4 Å². The van der Waals surface area contributed by atoms with E-state index in [-0.39, 0.29) is 26.4 Å². The van der Waals surface area contributed by atoms with Crippen molar-refractivity contribution in [1.29, 1.82) is 0 Å². The average Bonchev–Trinajstić information content (AvgIpc) is 3.37. The van der Waals surface area contributed by atoms with E-state index in [1.54, 1.807) is 19.4 Å². The quantitative estimate of drug-likeness (QED) is 0.0406. The zero-order chi connectivity index (χ0) is 49.8. The summed E-state index contributed by atoms with van der Waals surface area (Å²) in [6.07, 6.45) is 24.2. The van der Waals surface area contributed by atoms with E-state index in [1.807, 2.05) is 0 Å². The fourth-order valence-electron chi connectivity index (χ4n) is 11.4. The highest BCUT2D eigenvalue weighted by atomic mass is 16.5. The van der Waals surface area contributed by atoms with Crippen molar-refractivity contribution in [2.24, 2.45) is 23.2 Å². The second-order valence-corrected chi connectivity index (χ2v) is 21.1. The fraction of sp³-hybridized carbons (Fsp3) is 0.613. The minimum Gasteiger partial charge on any atom is -0.493 e. The number of aryl methyl sites for hydroxylation is 4. The molecule has 0 aromatic heterocycles. The zero-order valence-electron chi connectivity index (χ0n) is 43.9. The number of aliphatic hydroxyl groups is 2. The maximum atomic E-state index is 12.3. The Morgan fingerprint density at radius 3 is 1.64 bits per heavy atom. The maximum absolute atomic E-state index is 12.3. The second kappa shape index (κ2) is 28.6. The summed E-state index contributed by atoms with van der Waals surface area (Å²) < 4.78 is 17.8. The van der Waals surface area contributed by atoms with Crippen LogP contribution in [0.25, 0.3) is 22.3 Å². The van der Waals surface area contributed by atoms with Crippen LogP contribution in [0.1, 0.15) is 191 Å². The first kappa shape index (κ1) is 55.7. The molecule has 2 aliphatic carbocycles. The molecule has 7 nitrogen and oxygen atoms in total. The lowest BCUT2D eigenvalue weighted by molar-refractivity contribution is -0.139. The Morgan fingerprint density at radius 1 is 0.594 bits per heavy atom. The van der Waals surface area contributed by atoms with Gasteiger partial charge in [-0.15, -0.1) is 0 Å². The van der Waals surface area contributed by atoms with E-state index in [1.165, 1.54) is 99.3 Å². The van der Waals surface area contributed by atoms with Gasteiger partial charge in [0.05, 0.1) is 33.0 Å². The summed E-state index contributed by atoms with van der Waals surface area (Å²) in [5.74, 6) is 3.45. The predicted octanol–water partition coefficient (Wildman–Crippen LogP) is 14.8. The molecule has 2 N–H and O–H groups in total. The standard InChI is InChI=1S/C62H90O7/c1-9-13-15-18-46-21-23-49(24-22-46)50-25-27-51(28-26-50)57-31-29-52(38-47(57)11-3)53-30-32-58(48(12-4)39-53)56-40-54(19-16-35-68-60(65)44(5)6)59(55(41-56)20-17-36-69-61(66)45(7)8)67-37-34-62(42-63,43-64)33-14-10-2/h29-32,38-41,46,49-51,63-64H,5,7,9-28,33-37,42-43H2,1-4,6,8H3. The van der Waals surface area contributed by atoms with E-state index in [9.17, 15) is 19.8 Å². The molecule has 5 rings (SSSR count). The van der Waals surface area contributed by atoms with E-state index < -0.39 is 17.4 Å². The SMILES string of the molecule is C=C(C)C(=O)OCCCc1cc(-c2ccc(-c3ccc(C4CCC(C5CCC(CCCCC)CC5)CC4)c(CC)c3)cc2CC)cc(CCCOC(=O)C(=C)C)c1OCCC(CO)(CO)CCCC. The Labute approximate surface area is 417 Å². The van der Waals surface area contributed by atoms with Gasteiger partial charge in [-0.2, -0.15) is 0 Å². The molecule has 0 heterocycles. The molecule has 2 aliphatic rings. The van der Waals surface area contributed by atoms with Crippen molar-refractivity contribution in [2.75, 3.05) is 33.0 Å². The third-order valence-electron chi connectivity index (χ3n) is 15.8. The van der Waals surface area contributed by atoms with Crippen LogP contribution in [-0.2, 0) is 44.7 Å². The number of rotatable bonds is 29. The third kappa shape index (κ3) is 16.2. The number of unbranched alkanes of at least 4 members (excludes halogenated alkanes) is 3. The Bertz CT molecular complexity index is 2040. The number of carbonyl (C=O) groups is 2. The van der Waals surface area contributed by atoms with Crippen molar-refractivity contribution in [1.82, 2.24) is 0 Å². The van der Waals surface area contributed by atoms with Gasteiger partial charge in [0.2, 0.25) is 0 Å². The van der Waals surface area contributed by atoms with Crippen LogP contribution < -0.4 is 4.74 Å². The molecule has 0 amide bonds. The van der Waals surface area contributed by atoms with Crippen molar-refractivity contribution in [3.05, 3.63) is 101 Å². The van der Waals surface area contributed by atoms with Crippen LogP contribution in [0.4, 0.5) is 0 Å².